The van der Waals surface area contributed by atoms with Crippen molar-refractivity contribution in [3.05, 3.63) is 39.3 Å². The second-order valence-corrected chi connectivity index (χ2v) is 5.26. The van der Waals surface area contributed by atoms with E-state index in [9.17, 15) is 0 Å². The summed E-state index contributed by atoms with van der Waals surface area (Å²) in [6, 6.07) is 6.18. The molecule has 0 spiro atoms. The first-order valence-corrected chi connectivity index (χ1v) is 6.68. The maximum Gasteiger partial charge on any atom is 0.133 e. The summed E-state index contributed by atoms with van der Waals surface area (Å²) in [5.74, 6) is 0.816. The number of hydrogen-bond donors (Lipinski definition) is 1. The monoisotopic (exact) mass is 317 g/mol. The van der Waals surface area contributed by atoms with Gasteiger partial charge >= 0.3 is 0 Å². The van der Waals surface area contributed by atoms with Crippen molar-refractivity contribution in [2.24, 2.45) is 5.73 Å². The van der Waals surface area contributed by atoms with Crippen LogP contribution in [0, 0.1) is 0 Å². The number of halogens is 2. The van der Waals surface area contributed by atoms with Gasteiger partial charge in [-0.15, -0.1) is 0 Å². The highest BCUT2D eigenvalue weighted by Gasteiger charge is 2.04. The average Bonchev–Trinajstić information content (AvgIpc) is 2.26. The summed E-state index contributed by atoms with van der Waals surface area (Å²) in [6.07, 6.45) is 0.861. The van der Waals surface area contributed by atoms with Gasteiger partial charge in [-0.1, -0.05) is 17.7 Å². The van der Waals surface area contributed by atoms with Gasteiger partial charge in [-0.05, 0) is 59.5 Å². The summed E-state index contributed by atoms with van der Waals surface area (Å²) in [5.41, 5.74) is 9.47. The molecule has 0 bridgehead atoms. The van der Waals surface area contributed by atoms with Gasteiger partial charge in [0.15, 0.2) is 0 Å². The molecule has 17 heavy (non-hydrogen) atoms. The number of benzene rings is 1. The highest BCUT2D eigenvalue weighted by molar-refractivity contribution is 9.10. The molecule has 0 saturated heterocycles. The predicted molar refractivity (Wildman–Crippen MR) is 76.6 cm³/mol. The van der Waals surface area contributed by atoms with Gasteiger partial charge in [-0.2, -0.15) is 0 Å². The Hall–Kier alpha value is -0.510. The lowest BCUT2D eigenvalue weighted by Crippen LogP contribution is -2.17. The molecule has 2 N–H and O–H groups in total. The molecule has 1 unspecified atom stereocenters. The Balaban J connectivity index is 2.69. The fourth-order valence-corrected chi connectivity index (χ4v) is 1.99. The summed E-state index contributed by atoms with van der Waals surface area (Å²) in [7, 11) is 0. The lowest BCUT2D eigenvalue weighted by molar-refractivity contribution is 0.350. The Morgan fingerprint density at radius 2 is 2.29 bits per heavy atom. The third kappa shape index (κ3) is 5.11. The molecule has 0 fully saturated rings. The third-order valence-corrected chi connectivity index (χ3v) is 3.19. The summed E-state index contributed by atoms with van der Waals surface area (Å²) in [4.78, 5) is 0. The highest BCUT2D eigenvalue weighted by Crippen LogP contribution is 2.26. The molecule has 2 nitrogen and oxygen atoms in total. The minimum absolute atomic E-state index is 0.162. The van der Waals surface area contributed by atoms with Crippen LogP contribution in [0.3, 0.4) is 0 Å². The molecule has 0 heterocycles. The maximum atomic E-state index is 5.76. The second kappa shape index (κ2) is 7.04. The molecule has 0 saturated carbocycles. The fraction of sp³-hybridized carbons (Fsp3) is 0.385. The van der Waals surface area contributed by atoms with E-state index in [-0.39, 0.29) is 6.04 Å². The molecule has 0 aromatic heterocycles. The second-order valence-electron chi connectivity index (χ2n) is 4.19. The first-order chi connectivity index (χ1) is 8.02. The standard InChI is InChI=1S/C13H17BrClNO/c1-9(7-15)8-17-13-4-3-11(5-10(2)16)6-12(13)14/h3-4,6-7,10H,5,8,16H2,1-2H3/b9-7+. The molecule has 1 atom stereocenters. The molecule has 0 aliphatic heterocycles. The molecular formula is C13H17BrClNO. The minimum atomic E-state index is 0.162. The molecule has 0 aliphatic rings. The first-order valence-electron chi connectivity index (χ1n) is 5.45. The van der Waals surface area contributed by atoms with Gasteiger partial charge in [-0.25, -0.2) is 0 Å². The van der Waals surface area contributed by atoms with Crippen LogP contribution in [0.25, 0.3) is 0 Å². The first kappa shape index (κ1) is 14.6. The third-order valence-electron chi connectivity index (χ3n) is 2.20. The number of hydrogen-bond acceptors (Lipinski definition) is 2. The van der Waals surface area contributed by atoms with E-state index in [1.54, 1.807) is 0 Å². The molecule has 94 valence electrons. The van der Waals surface area contributed by atoms with E-state index < -0.39 is 0 Å². The molecular weight excluding hydrogens is 302 g/mol. The van der Waals surface area contributed by atoms with E-state index in [4.69, 9.17) is 22.1 Å². The van der Waals surface area contributed by atoms with Gasteiger partial charge in [0.25, 0.3) is 0 Å². The summed E-state index contributed by atoms with van der Waals surface area (Å²) < 4.78 is 6.56. The Labute approximate surface area is 116 Å². The Bertz CT molecular complexity index is 404. The molecule has 0 aliphatic carbocycles. The van der Waals surface area contributed by atoms with Crippen LogP contribution >= 0.6 is 27.5 Å². The van der Waals surface area contributed by atoms with Crippen molar-refractivity contribution in [1.82, 2.24) is 0 Å². The van der Waals surface area contributed by atoms with Crippen LogP contribution < -0.4 is 10.5 Å². The fourth-order valence-electron chi connectivity index (χ4n) is 1.38. The topological polar surface area (TPSA) is 35.2 Å². The largest absolute Gasteiger partial charge is 0.488 e. The van der Waals surface area contributed by atoms with Gasteiger partial charge in [0.2, 0.25) is 0 Å². The van der Waals surface area contributed by atoms with Crippen molar-refractivity contribution < 1.29 is 4.74 Å². The van der Waals surface area contributed by atoms with Crippen molar-refractivity contribution in [3.63, 3.8) is 0 Å². The van der Waals surface area contributed by atoms with Crippen LogP contribution in [0.15, 0.2) is 33.8 Å². The smallest absolute Gasteiger partial charge is 0.133 e. The Morgan fingerprint density at radius 3 is 2.82 bits per heavy atom. The van der Waals surface area contributed by atoms with Crippen LogP contribution in [0.5, 0.6) is 5.75 Å². The van der Waals surface area contributed by atoms with E-state index in [0.29, 0.717) is 6.61 Å². The van der Waals surface area contributed by atoms with Crippen LogP contribution in [0.1, 0.15) is 19.4 Å². The quantitative estimate of drug-likeness (QED) is 0.894. The maximum absolute atomic E-state index is 5.76. The predicted octanol–water partition coefficient (Wildman–Crippen LogP) is 3.86. The molecule has 1 aromatic rings. The van der Waals surface area contributed by atoms with E-state index in [0.717, 1.165) is 22.2 Å². The van der Waals surface area contributed by atoms with E-state index in [1.165, 1.54) is 11.1 Å². The lowest BCUT2D eigenvalue weighted by Gasteiger charge is -2.11. The zero-order valence-corrected chi connectivity index (χ0v) is 12.4. The van der Waals surface area contributed by atoms with Crippen molar-refractivity contribution in [2.75, 3.05) is 6.61 Å². The van der Waals surface area contributed by atoms with Crippen LogP contribution in [-0.2, 0) is 6.42 Å². The molecule has 4 heteroatoms. The van der Waals surface area contributed by atoms with Crippen molar-refractivity contribution in [3.8, 4) is 5.75 Å². The van der Waals surface area contributed by atoms with Gasteiger partial charge < -0.3 is 10.5 Å². The molecule has 0 amide bonds. The molecule has 1 rings (SSSR count). The van der Waals surface area contributed by atoms with Gasteiger partial charge in [0.05, 0.1) is 4.47 Å². The molecule has 1 aromatic carbocycles. The summed E-state index contributed by atoms with van der Waals surface area (Å²) in [5, 5.41) is 0. The molecule has 0 radical (unpaired) electrons. The van der Waals surface area contributed by atoms with Gasteiger partial charge in [0.1, 0.15) is 12.4 Å². The summed E-state index contributed by atoms with van der Waals surface area (Å²) in [6.45, 7) is 4.41. The van der Waals surface area contributed by atoms with Crippen molar-refractivity contribution in [2.45, 2.75) is 26.3 Å². The van der Waals surface area contributed by atoms with E-state index >= 15 is 0 Å². The van der Waals surface area contributed by atoms with Crippen molar-refractivity contribution in [1.29, 1.82) is 0 Å². The Kier molecular flexibility index (Phi) is 6.03. The van der Waals surface area contributed by atoms with Crippen molar-refractivity contribution >= 4 is 27.5 Å². The van der Waals surface area contributed by atoms with Gasteiger partial charge in [-0.3, -0.25) is 0 Å². The van der Waals surface area contributed by atoms with Gasteiger partial charge in [0, 0.05) is 11.6 Å². The van der Waals surface area contributed by atoms with E-state index in [1.807, 2.05) is 32.0 Å². The number of rotatable bonds is 5. The lowest BCUT2D eigenvalue weighted by atomic mass is 10.1. The van der Waals surface area contributed by atoms with E-state index in [2.05, 4.69) is 15.9 Å². The highest BCUT2D eigenvalue weighted by atomic mass is 79.9. The average molecular weight is 319 g/mol. The summed E-state index contributed by atoms with van der Waals surface area (Å²) >= 11 is 9.06. The van der Waals surface area contributed by atoms with Crippen LogP contribution in [-0.4, -0.2) is 12.6 Å². The number of nitrogens with two attached hydrogens (primary N) is 1. The zero-order chi connectivity index (χ0) is 12.8. The SMILES string of the molecule is C/C(=C\Cl)COc1ccc(CC(C)N)cc1Br. The minimum Gasteiger partial charge on any atom is -0.488 e. The van der Waals surface area contributed by atoms with Crippen LogP contribution in [0.2, 0.25) is 0 Å². The zero-order valence-electron chi connectivity index (χ0n) is 10.0. The number of ether oxygens (including phenoxy) is 1. The Morgan fingerprint density at radius 1 is 1.59 bits per heavy atom. The van der Waals surface area contributed by atoms with Crippen LogP contribution in [0.4, 0.5) is 0 Å². The normalized spacial score (nSPS) is 13.6.